The summed E-state index contributed by atoms with van der Waals surface area (Å²) < 4.78 is 8.71. The van der Waals surface area contributed by atoms with Crippen LogP contribution < -0.4 is 35.9 Å². The maximum Gasteiger partial charge on any atom is 0.119 e. The highest BCUT2D eigenvalue weighted by atomic mass is 32.1. The summed E-state index contributed by atoms with van der Waals surface area (Å²) >= 11 is 1.95. The average Bonchev–Trinajstić information content (AvgIpc) is 3.53. The van der Waals surface area contributed by atoms with Crippen molar-refractivity contribution in [1.29, 1.82) is 0 Å². The Morgan fingerprint density at radius 3 is 1.55 bits per heavy atom. The molecule has 8 aromatic rings. The molecule has 1 aromatic heterocycles. The van der Waals surface area contributed by atoms with Crippen LogP contribution in [0, 0.1) is 0 Å². The van der Waals surface area contributed by atoms with Gasteiger partial charge in [-0.3, -0.25) is 0 Å². The number of hydrogen-bond acceptors (Lipinski definition) is 2. The fourth-order valence-electron chi connectivity index (χ4n) is 6.42. The number of rotatable bonds is 8. The van der Waals surface area contributed by atoms with E-state index in [1.54, 1.807) is 7.11 Å². The van der Waals surface area contributed by atoms with Gasteiger partial charge < -0.3 is 4.74 Å². The fraction of sp³-hybridized carbons (Fsp3) is 0.0233. The molecule has 0 spiro atoms. The molecule has 4 heteroatoms. The Balaban J connectivity index is 1.52. The molecule has 47 heavy (non-hydrogen) atoms. The molecule has 0 unspecified atom stereocenters. The SMILES string of the molecule is COc1ccc(P(c2ccccc2)c2ccccc2)c(-c2c(P(c3ccccc3)c3ccccc3)sc3ccc4ccccc4c23)c1. The van der Waals surface area contributed by atoms with Gasteiger partial charge >= 0.3 is 0 Å². The second-order valence-electron chi connectivity index (χ2n) is 11.3. The van der Waals surface area contributed by atoms with Crippen LogP contribution in [-0.2, 0) is 0 Å². The molecule has 1 heterocycles. The summed E-state index contributed by atoms with van der Waals surface area (Å²) in [4.78, 5) is 0. The minimum absolute atomic E-state index is 0.862. The van der Waals surface area contributed by atoms with Gasteiger partial charge in [-0.05, 0) is 83.0 Å². The monoisotopic (exact) mass is 658 g/mol. The van der Waals surface area contributed by atoms with Crippen LogP contribution in [0.1, 0.15) is 0 Å². The number of ether oxygens (including phenoxy) is 1. The standard InChI is InChI=1S/C43H32OP2S/c1-44-32-27-28-39(45(33-17-6-2-7-18-33)34-19-8-3-9-20-34)38(30-32)42-41-37-25-15-14-16-31(37)26-29-40(41)47-43(42)46(35-21-10-4-11-22-35)36-23-12-5-13-24-36/h2-30H,1H3. The van der Waals surface area contributed by atoms with E-state index in [2.05, 4.69) is 176 Å². The number of benzene rings is 7. The van der Waals surface area contributed by atoms with Crippen LogP contribution in [0.5, 0.6) is 5.75 Å². The lowest BCUT2D eigenvalue weighted by molar-refractivity contribution is 0.415. The Hall–Kier alpha value is -4.58. The van der Waals surface area contributed by atoms with Crippen LogP contribution in [0.4, 0.5) is 0 Å². The average molecular weight is 659 g/mol. The van der Waals surface area contributed by atoms with Crippen molar-refractivity contribution in [3.8, 4) is 16.9 Å². The van der Waals surface area contributed by atoms with E-state index in [0.717, 1.165) is 5.75 Å². The molecular formula is C43H32OP2S. The first-order chi connectivity index (χ1) is 23.3. The third kappa shape index (κ3) is 5.68. The highest BCUT2D eigenvalue weighted by Gasteiger charge is 2.29. The maximum atomic E-state index is 5.98. The van der Waals surface area contributed by atoms with E-state index in [0.29, 0.717) is 0 Å². The van der Waals surface area contributed by atoms with Gasteiger partial charge in [-0.1, -0.05) is 152 Å². The van der Waals surface area contributed by atoms with Crippen molar-refractivity contribution in [2.24, 2.45) is 0 Å². The van der Waals surface area contributed by atoms with E-state index in [1.165, 1.54) is 63.1 Å². The fourth-order valence-corrected chi connectivity index (χ4v) is 13.3. The van der Waals surface area contributed by atoms with Crippen molar-refractivity contribution in [1.82, 2.24) is 0 Å². The maximum absolute atomic E-state index is 5.98. The van der Waals surface area contributed by atoms with Crippen LogP contribution in [0.25, 0.3) is 32.0 Å². The van der Waals surface area contributed by atoms with E-state index in [4.69, 9.17) is 4.74 Å². The van der Waals surface area contributed by atoms with Gasteiger partial charge in [0, 0.05) is 20.3 Å². The quantitative estimate of drug-likeness (QED) is 0.148. The summed E-state index contributed by atoms with van der Waals surface area (Å²) in [6, 6.07) is 64.4. The van der Waals surface area contributed by atoms with E-state index < -0.39 is 15.8 Å². The Morgan fingerprint density at radius 2 is 1.00 bits per heavy atom. The second kappa shape index (κ2) is 13.3. The second-order valence-corrected chi connectivity index (χ2v) is 17.0. The van der Waals surface area contributed by atoms with Gasteiger partial charge in [0.05, 0.1) is 7.11 Å². The molecule has 0 aliphatic rings. The van der Waals surface area contributed by atoms with E-state index >= 15 is 0 Å². The first-order valence-corrected chi connectivity index (χ1v) is 19.2. The molecular weight excluding hydrogens is 626 g/mol. The minimum Gasteiger partial charge on any atom is -0.497 e. The summed E-state index contributed by atoms with van der Waals surface area (Å²) in [5, 5.41) is 10.6. The predicted molar refractivity (Wildman–Crippen MR) is 209 cm³/mol. The molecule has 0 bridgehead atoms. The number of methoxy groups -OCH3 is 1. The van der Waals surface area contributed by atoms with Gasteiger partial charge in [0.15, 0.2) is 0 Å². The number of hydrogen-bond donors (Lipinski definition) is 0. The van der Waals surface area contributed by atoms with Crippen LogP contribution in [0.2, 0.25) is 0 Å². The highest BCUT2D eigenvalue weighted by Crippen LogP contribution is 2.48. The van der Waals surface area contributed by atoms with E-state index in [1.807, 2.05) is 11.3 Å². The van der Waals surface area contributed by atoms with E-state index in [9.17, 15) is 0 Å². The molecule has 226 valence electrons. The van der Waals surface area contributed by atoms with Crippen molar-refractivity contribution in [3.63, 3.8) is 0 Å². The zero-order valence-corrected chi connectivity index (χ0v) is 28.6. The molecule has 0 aliphatic heterocycles. The molecule has 0 fully saturated rings. The predicted octanol–water partition coefficient (Wildman–Crippen LogP) is 9.25. The van der Waals surface area contributed by atoms with Crippen molar-refractivity contribution in [2.45, 2.75) is 0 Å². The molecule has 0 N–H and O–H groups in total. The van der Waals surface area contributed by atoms with Crippen LogP contribution in [0.15, 0.2) is 176 Å². The molecule has 7 aromatic carbocycles. The largest absolute Gasteiger partial charge is 0.497 e. The highest BCUT2D eigenvalue weighted by molar-refractivity contribution is 7.85. The topological polar surface area (TPSA) is 9.23 Å². The van der Waals surface area contributed by atoms with Gasteiger partial charge in [-0.25, -0.2) is 0 Å². The zero-order chi connectivity index (χ0) is 31.6. The lowest BCUT2D eigenvalue weighted by Gasteiger charge is -2.25. The third-order valence-corrected chi connectivity index (χ3v) is 15.1. The summed E-state index contributed by atoms with van der Waals surface area (Å²) in [7, 11) is 0.0435. The van der Waals surface area contributed by atoms with Gasteiger partial charge in [0.2, 0.25) is 0 Å². The molecule has 1 nitrogen and oxygen atoms in total. The van der Waals surface area contributed by atoms with Crippen LogP contribution in [-0.4, -0.2) is 7.11 Å². The van der Waals surface area contributed by atoms with Crippen molar-refractivity contribution >= 4 is 79.2 Å². The van der Waals surface area contributed by atoms with Crippen LogP contribution >= 0.6 is 27.2 Å². The number of thiophene rings is 1. The smallest absolute Gasteiger partial charge is 0.119 e. The Kier molecular flexibility index (Phi) is 8.41. The summed E-state index contributed by atoms with van der Waals surface area (Å²) in [6.07, 6.45) is 0. The van der Waals surface area contributed by atoms with Crippen molar-refractivity contribution in [2.75, 3.05) is 7.11 Å². The zero-order valence-electron chi connectivity index (χ0n) is 26.0. The lowest BCUT2D eigenvalue weighted by atomic mass is 9.99. The Morgan fingerprint density at radius 1 is 0.489 bits per heavy atom. The van der Waals surface area contributed by atoms with Crippen molar-refractivity contribution in [3.05, 3.63) is 176 Å². The first kappa shape index (κ1) is 29.8. The molecule has 0 amide bonds. The van der Waals surface area contributed by atoms with Gasteiger partial charge in [0.1, 0.15) is 5.75 Å². The molecule has 0 radical (unpaired) electrons. The summed E-state index contributed by atoms with van der Waals surface area (Å²) in [5.41, 5.74) is 2.58. The lowest BCUT2D eigenvalue weighted by Crippen LogP contribution is -2.24. The summed E-state index contributed by atoms with van der Waals surface area (Å²) in [5.74, 6) is 0.870. The van der Waals surface area contributed by atoms with Crippen LogP contribution in [0.3, 0.4) is 0 Å². The van der Waals surface area contributed by atoms with Gasteiger partial charge in [0.25, 0.3) is 0 Å². The van der Waals surface area contributed by atoms with Gasteiger partial charge in [-0.15, -0.1) is 11.3 Å². The van der Waals surface area contributed by atoms with E-state index in [-0.39, 0.29) is 0 Å². The molecule has 0 aliphatic carbocycles. The van der Waals surface area contributed by atoms with Crippen molar-refractivity contribution < 1.29 is 4.74 Å². The Labute approximate surface area is 282 Å². The molecule has 0 saturated heterocycles. The number of fused-ring (bicyclic) bond motifs is 3. The first-order valence-electron chi connectivity index (χ1n) is 15.7. The minimum atomic E-state index is -0.871. The summed E-state index contributed by atoms with van der Waals surface area (Å²) in [6.45, 7) is 0. The molecule has 0 atom stereocenters. The normalized spacial score (nSPS) is 11.5. The molecule has 8 rings (SSSR count). The third-order valence-electron chi connectivity index (χ3n) is 8.54. The molecule has 0 saturated carbocycles. The Bertz CT molecular complexity index is 2210. The van der Waals surface area contributed by atoms with Gasteiger partial charge in [-0.2, -0.15) is 0 Å².